The van der Waals surface area contributed by atoms with E-state index < -0.39 is 0 Å². The molecule has 0 aliphatic carbocycles. The maximum absolute atomic E-state index is 7.11. The van der Waals surface area contributed by atoms with Crippen molar-refractivity contribution in [1.29, 1.82) is 5.41 Å². The summed E-state index contributed by atoms with van der Waals surface area (Å²) >= 11 is 5.72. The number of hydrogen-bond donors (Lipinski definition) is 2. The number of amidine groups is 1. The average Bonchev–Trinajstić information content (AvgIpc) is 2.08. The van der Waals surface area contributed by atoms with Crippen LogP contribution < -0.4 is 5.32 Å². The molecule has 2 N–H and O–H groups in total. The Labute approximate surface area is 82.7 Å². The molecule has 0 amide bonds. The van der Waals surface area contributed by atoms with Gasteiger partial charge in [0.15, 0.2) is 0 Å². The van der Waals surface area contributed by atoms with Gasteiger partial charge in [0.05, 0.1) is 5.84 Å². The molecule has 0 unspecified atom stereocenters. The van der Waals surface area contributed by atoms with E-state index in [1.807, 2.05) is 30.3 Å². The van der Waals surface area contributed by atoms with Crippen molar-refractivity contribution in [2.45, 2.75) is 6.92 Å². The van der Waals surface area contributed by atoms with Crippen molar-refractivity contribution in [3.63, 3.8) is 0 Å². The molecule has 0 fully saturated rings. The van der Waals surface area contributed by atoms with Crippen molar-refractivity contribution in [2.24, 2.45) is 0 Å². The second kappa shape index (κ2) is 4.67. The summed E-state index contributed by atoms with van der Waals surface area (Å²) in [6.07, 6.45) is 3.61. The summed E-state index contributed by atoms with van der Waals surface area (Å²) in [6.45, 7) is 1.69. The molecular weight excluding hydrogens is 184 g/mol. The Hall–Kier alpha value is -1.28. The van der Waals surface area contributed by atoms with Crippen LogP contribution in [0.15, 0.2) is 30.5 Å². The Bertz CT molecular complexity index is 314. The third-order valence-electron chi connectivity index (χ3n) is 1.45. The first-order valence-electron chi connectivity index (χ1n) is 3.92. The molecule has 3 heteroatoms. The third-order valence-corrected chi connectivity index (χ3v) is 1.70. The minimum absolute atomic E-state index is 0.421. The predicted octanol–water partition coefficient (Wildman–Crippen LogP) is 2.90. The first-order valence-corrected chi connectivity index (χ1v) is 4.30. The largest absolute Gasteiger partial charge is 0.351 e. The molecule has 0 aromatic heterocycles. The Morgan fingerprint density at radius 1 is 1.38 bits per heavy atom. The molecule has 0 radical (unpaired) electrons. The van der Waals surface area contributed by atoms with E-state index >= 15 is 0 Å². The maximum atomic E-state index is 7.11. The summed E-state index contributed by atoms with van der Waals surface area (Å²) in [7, 11) is 0. The second-order valence-corrected chi connectivity index (χ2v) is 3.09. The summed E-state index contributed by atoms with van der Waals surface area (Å²) in [5.41, 5.74) is 1.05. The minimum atomic E-state index is 0.421. The highest BCUT2D eigenvalue weighted by molar-refractivity contribution is 6.30. The van der Waals surface area contributed by atoms with Crippen molar-refractivity contribution in [2.75, 3.05) is 0 Å². The molecule has 1 aromatic carbocycles. The van der Waals surface area contributed by atoms with Gasteiger partial charge in [-0.2, -0.15) is 0 Å². The molecule has 0 aliphatic rings. The molecule has 0 aliphatic heterocycles. The van der Waals surface area contributed by atoms with Gasteiger partial charge in [-0.25, -0.2) is 0 Å². The molecular formula is C10H11ClN2. The summed E-state index contributed by atoms with van der Waals surface area (Å²) < 4.78 is 0. The second-order valence-electron chi connectivity index (χ2n) is 2.65. The van der Waals surface area contributed by atoms with E-state index in [1.165, 1.54) is 0 Å². The Morgan fingerprint density at radius 2 is 2.00 bits per heavy atom. The van der Waals surface area contributed by atoms with Gasteiger partial charge in [-0.3, -0.25) is 5.41 Å². The number of hydrogen-bond acceptors (Lipinski definition) is 1. The van der Waals surface area contributed by atoms with Gasteiger partial charge < -0.3 is 5.32 Å². The van der Waals surface area contributed by atoms with Gasteiger partial charge in [0.25, 0.3) is 0 Å². The molecule has 0 saturated carbocycles. The normalized spacial score (nSPS) is 10.3. The van der Waals surface area contributed by atoms with Gasteiger partial charge >= 0.3 is 0 Å². The van der Waals surface area contributed by atoms with E-state index in [-0.39, 0.29) is 0 Å². The van der Waals surface area contributed by atoms with Crippen LogP contribution in [0.5, 0.6) is 0 Å². The summed E-state index contributed by atoms with van der Waals surface area (Å²) in [5, 5.41) is 10.6. The van der Waals surface area contributed by atoms with Gasteiger partial charge in [-0.05, 0) is 30.7 Å². The molecule has 13 heavy (non-hydrogen) atoms. The fraction of sp³-hybridized carbons (Fsp3) is 0.100. The molecule has 68 valence electrons. The third kappa shape index (κ3) is 3.76. The molecule has 0 spiro atoms. The van der Waals surface area contributed by atoms with E-state index in [4.69, 9.17) is 17.0 Å². The smallest absolute Gasteiger partial charge is 0.0939 e. The van der Waals surface area contributed by atoms with Crippen LogP contribution in [0, 0.1) is 5.41 Å². The molecule has 0 heterocycles. The summed E-state index contributed by atoms with van der Waals surface area (Å²) in [4.78, 5) is 0. The molecule has 0 bridgehead atoms. The molecule has 1 rings (SSSR count). The van der Waals surface area contributed by atoms with E-state index in [1.54, 1.807) is 13.1 Å². The minimum Gasteiger partial charge on any atom is -0.351 e. The van der Waals surface area contributed by atoms with Crippen molar-refractivity contribution < 1.29 is 0 Å². The Balaban J connectivity index is 2.59. The fourth-order valence-electron chi connectivity index (χ4n) is 0.837. The van der Waals surface area contributed by atoms with Crippen LogP contribution >= 0.6 is 11.6 Å². The topological polar surface area (TPSA) is 35.9 Å². The first-order chi connectivity index (χ1) is 6.18. The van der Waals surface area contributed by atoms with E-state index in [0.717, 1.165) is 10.6 Å². The standard InChI is InChI=1S/C10H11ClN2/c1-8(12)13-7-6-9-2-4-10(11)5-3-9/h2-7H,1H3,(H2,12,13)/b7-6+. The van der Waals surface area contributed by atoms with Gasteiger partial charge in [0.1, 0.15) is 0 Å². The van der Waals surface area contributed by atoms with Crippen LogP contribution in [0.1, 0.15) is 12.5 Å². The van der Waals surface area contributed by atoms with Gasteiger partial charge in [-0.1, -0.05) is 23.7 Å². The lowest BCUT2D eigenvalue weighted by molar-refractivity contribution is 1.22. The van der Waals surface area contributed by atoms with Crippen molar-refractivity contribution >= 4 is 23.5 Å². The maximum Gasteiger partial charge on any atom is 0.0939 e. The quantitative estimate of drug-likeness (QED) is 0.551. The molecule has 1 aromatic rings. The summed E-state index contributed by atoms with van der Waals surface area (Å²) in [5.74, 6) is 0.421. The number of halogens is 1. The number of benzene rings is 1. The van der Waals surface area contributed by atoms with Crippen LogP contribution in [0.25, 0.3) is 6.08 Å². The number of nitrogens with one attached hydrogen (secondary N) is 2. The highest BCUT2D eigenvalue weighted by atomic mass is 35.5. The van der Waals surface area contributed by atoms with E-state index in [2.05, 4.69) is 5.32 Å². The zero-order valence-electron chi connectivity index (χ0n) is 7.34. The highest BCUT2D eigenvalue weighted by Crippen LogP contribution is 2.09. The van der Waals surface area contributed by atoms with Crippen molar-refractivity contribution in [1.82, 2.24) is 5.32 Å². The van der Waals surface area contributed by atoms with Crippen molar-refractivity contribution in [3.8, 4) is 0 Å². The zero-order chi connectivity index (χ0) is 9.68. The Kier molecular flexibility index (Phi) is 3.53. The van der Waals surface area contributed by atoms with E-state index in [0.29, 0.717) is 5.84 Å². The summed E-state index contributed by atoms with van der Waals surface area (Å²) in [6, 6.07) is 7.50. The van der Waals surface area contributed by atoms with Crippen LogP contribution in [0.3, 0.4) is 0 Å². The van der Waals surface area contributed by atoms with Crippen LogP contribution in [0.2, 0.25) is 5.02 Å². The monoisotopic (exact) mass is 194 g/mol. The zero-order valence-corrected chi connectivity index (χ0v) is 8.10. The van der Waals surface area contributed by atoms with Crippen LogP contribution in [-0.4, -0.2) is 5.84 Å². The van der Waals surface area contributed by atoms with Crippen LogP contribution in [0.4, 0.5) is 0 Å². The van der Waals surface area contributed by atoms with E-state index in [9.17, 15) is 0 Å². The molecule has 0 atom stereocenters. The van der Waals surface area contributed by atoms with Gasteiger partial charge in [-0.15, -0.1) is 0 Å². The highest BCUT2D eigenvalue weighted by Gasteiger charge is 1.86. The lowest BCUT2D eigenvalue weighted by Gasteiger charge is -1.95. The SMILES string of the molecule is CC(=N)N/C=C/c1ccc(Cl)cc1. The molecule has 0 saturated heterocycles. The molecule has 2 nitrogen and oxygen atoms in total. The predicted molar refractivity (Wildman–Crippen MR) is 57.0 cm³/mol. The van der Waals surface area contributed by atoms with Gasteiger partial charge in [0.2, 0.25) is 0 Å². The number of rotatable bonds is 2. The fourth-order valence-corrected chi connectivity index (χ4v) is 0.963. The lowest BCUT2D eigenvalue weighted by atomic mass is 10.2. The first kappa shape index (κ1) is 9.81. The van der Waals surface area contributed by atoms with Crippen LogP contribution in [-0.2, 0) is 0 Å². The van der Waals surface area contributed by atoms with Crippen molar-refractivity contribution in [3.05, 3.63) is 41.1 Å². The Morgan fingerprint density at radius 3 is 2.54 bits per heavy atom. The van der Waals surface area contributed by atoms with Gasteiger partial charge in [0, 0.05) is 11.2 Å². The average molecular weight is 195 g/mol. The lowest BCUT2D eigenvalue weighted by Crippen LogP contribution is -2.10.